The molecule has 0 aromatic heterocycles. The van der Waals surface area contributed by atoms with Gasteiger partial charge >= 0.3 is 0 Å². The van der Waals surface area contributed by atoms with Crippen molar-refractivity contribution < 1.29 is 28.2 Å². The zero-order chi connectivity index (χ0) is 33.3. The smallest absolute Gasteiger partial charge is 0.288 e. The van der Waals surface area contributed by atoms with Crippen LogP contribution in [0.2, 0.25) is 5.02 Å². The third-order valence-electron chi connectivity index (χ3n) is 9.56. The molecule has 1 saturated carbocycles. The number of fused-ring (bicyclic) bond motifs is 1. The molecule has 2 amide bonds. The van der Waals surface area contributed by atoms with Gasteiger partial charge < -0.3 is 26.2 Å². The van der Waals surface area contributed by atoms with E-state index in [9.17, 15) is 14.7 Å². The summed E-state index contributed by atoms with van der Waals surface area (Å²) in [5.41, 5.74) is 9.41. The first-order valence-electron chi connectivity index (χ1n) is 16.0. The van der Waals surface area contributed by atoms with Gasteiger partial charge in [-0.3, -0.25) is 9.59 Å². The molecule has 4 aromatic carbocycles. The van der Waals surface area contributed by atoms with Crippen molar-refractivity contribution in [2.45, 2.75) is 62.2 Å². The van der Waals surface area contributed by atoms with Crippen molar-refractivity contribution >= 4 is 34.2 Å². The van der Waals surface area contributed by atoms with Gasteiger partial charge in [0.25, 0.3) is 11.8 Å². The number of carbonyl (C=O) groups excluding carboxylic acids is 2. The van der Waals surface area contributed by atoms with Gasteiger partial charge in [0, 0.05) is 29.7 Å². The first-order valence-corrected chi connectivity index (χ1v) is 16.4. The highest BCUT2D eigenvalue weighted by atomic mass is 35.5. The number of halogens is 3. The SMILES string of the molecule is NC(=O)C(O)(c1ccc2cc(OC3CCCC3)ccc2c1)[C@H](C(=O)N1CCC(N)CC1)C(F)(F)c1ccc(-c2ccc(Cl)cc2)cc1. The van der Waals surface area contributed by atoms with Gasteiger partial charge in [0.05, 0.1) is 6.10 Å². The summed E-state index contributed by atoms with van der Waals surface area (Å²) in [5.74, 6) is -8.45. The van der Waals surface area contributed by atoms with Crippen LogP contribution in [0.5, 0.6) is 5.75 Å². The molecule has 4 aromatic rings. The highest BCUT2D eigenvalue weighted by molar-refractivity contribution is 6.30. The number of rotatable bonds is 9. The number of hydrogen-bond acceptors (Lipinski definition) is 5. The number of primary amides is 1. The van der Waals surface area contributed by atoms with E-state index < -0.39 is 34.8 Å². The lowest BCUT2D eigenvalue weighted by atomic mass is 9.73. The third kappa shape index (κ3) is 6.57. The molecule has 10 heteroatoms. The molecule has 6 rings (SSSR count). The minimum absolute atomic E-state index is 0.110. The summed E-state index contributed by atoms with van der Waals surface area (Å²) in [6.07, 6.45) is 5.15. The van der Waals surface area contributed by atoms with Crippen molar-refractivity contribution in [3.05, 3.63) is 101 Å². The minimum Gasteiger partial charge on any atom is -0.490 e. The number of amides is 2. The summed E-state index contributed by atoms with van der Waals surface area (Å²) < 4.78 is 39.9. The summed E-state index contributed by atoms with van der Waals surface area (Å²) in [7, 11) is 0. The van der Waals surface area contributed by atoms with Gasteiger partial charge in [-0.1, -0.05) is 66.2 Å². The first kappa shape index (κ1) is 32.9. The fourth-order valence-corrected chi connectivity index (χ4v) is 6.90. The first-order chi connectivity index (χ1) is 22.5. The minimum atomic E-state index is -4.02. The highest BCUT2D eigenvalue weighted by Gasteiger charge is 2.62. The maximum atomic E-state index is 16.9. The number of ether oxygens (including phenoxy) is 1. The number of alkyl halides is 2. The van der Waals surface area contributed by atoms with Crippen molar-refractivity contribution in [1.82, 2.24) is 4.90 Å². The van der Waals surface area contributed by atoms with Crippen LogP contribution >= 0.6 is 11.6 Å². The number of nitrogens with zero attached hydrogens (tertiary/aromatic N) is 1. The Bertz CT molecular complexity index is 1750. The molecule has 2 fully saturated rings. The van der Waals surface area contributed by atoms with E-state index in [1.807, 2.05) is 6.07 Å². The molecule has 2 aliphatic rings. The van der Waals surface area contributed by atoms with Crippen LogP contribution in [0.15, 0.2) is 84.9 Å². The summed E-state index contributed by atoms with van der Waals surface area (Å²) in [4.78, 5) is 28.6. The van der Waals surface area contributed by atoms with E-state index in [4.69, 9.17) is 27.8 Å². The normalized spacial score (nSPS) is 18.2. The summed E-state index contributed by atoms with van der Waals surface area (Å²) in [5, 5.41) is 14.0. The summed E-state index contributed by atoms with van der Waals surface area (Å²) >= 11 is 6.00. The van der Waals surface area contributed by atoms with Gasteiger partial charge in [-0.25, -0.2) is 8.78 Å². The van der Waals surface area contributed by atoms with Gasteiger partial charge in [0.2, 0.25) is 5.91 Å². The Labute approximate surface area is 277 Å². The van der Waals surface area contributed by atoms with Gasteiger partial charge in [0.15, 0.2) is 5.60 Å². The number of hydrogen-bond donors (Lipinski definition) is 3. The molecule has 0 spiro atoms. The largest absolute Gasteiger partial charge is 0.490 e. The Kier molecular flexibility index (Phi) is 9.25. The quantitative estimate of drug-likeness (QED) is 0.189. The summed E-state index contributed by atoms with van der Waals surface area (Å²) in [6, 6.07) is 21.9. The molecular formula is C37H38ClF2N3O4. The maximum Gasteiger partial charge on any atom is 0.288 e. The van der Waals surface area contributed by atoms with E-state index >= 15 is 8.78 Å². The number of aliphatic hydroxyl groups is 1. The number of carbonyl (C=O) groups is 2. The fourth-order valence-electron chi connectivity index (χ4n) is 6.78. The van der Waals surface area contributed by atoms with Crippen molar-refractivity contribution in [1.29, 1.82) is 0 Å². The molecule has 1 unspecified atom stereocenters. The average Bonchev–Trinajstić information content (AvgIpc) is 3.58. The molecular weight excluding hydrogens is 624 g/mol. The molecule has 246 valence electrons. The van der Waals surface area contributed by atoms with E-state index in [0.29, 0.717) is 39.9 Å². The lowest BCUT2D eigenvalue weighted by Gasteiger charge is -2.41. The zero-order valence-electron chi connectivity index (χ0n) is 25.9. The predicted octanol–water partition coefficient (Wildman–Crippen LogP) is 6.51. The molecule has 1 aliphatic carbocycles. The fraction of sp³-hybridized carbons (Fsp3) is 0.351. The molecule has 5 N–H and O–H groups in total. The van der Waals surface area contributed by atoms with Crippen molar-refractivity contribution in [2.75, 3.05) is 13.1 Å². The lowest BCUT2D eigenvalue weighted by molar-refractivity contribution is -0.191. The van der Waals surface area contributed by atoms with Crippen molar-refractivity contribution in [3.8, 4) is 16.9 Å². The second-order valence-electron chi connectivity index (χ2n) is 12.7. The molecule has 7 nitrogen and oxygen atoms in total. The Hall–Kier alpha value is -4.05. The Morgan fingerprint density at radius 2 is 1.38 bits per heavy atom. The maximum absolute atomic E-state index is 16.9. The van der Waals surface area contributed by atoms with E-state index in [0.717, 1.165) is 31.2 Å². The van der Waals surface area contributed by atoms with Crippen LogP contribution in [0.25, 0.3) is 21.9 Å². The van der Waals surface area contributed by atoms with Crippen LogP contribution in [0.3, 0.4) is 0 Å². The topological polar surface area (TPSA) is 119 Å². The molecule has 2 atom stereocenters. The molecule has 1 saturated heterocycles. The van der Waals surface area contributed by atoms with Crippen molar-refractivity contribution in [3.63, 3.8) is 0 Å². The van der Waals surface area contributed by atoms with Gasteiger partial charge in [-0.2, -0.15) is 0 Å². The molecule has 47 heavy (non-hydrogen) atoms. The van der Waals surface area contributed by atoms with Gasteiger partial charge in [0.1, 0.15) is 11.7 Å². The lowest BCUT2D eigenvalue weighted by Crippen LogP contribution is -2.60. The number of piperidine rings is 1. The van der Waals surface area contributed by atoms with Crippen molar-refractivity contribution in [2.24, 2.45) is 17.4 Å². The van der Waals surface area contributed by atoms with Gasteiger partial charge in [-0.05, 0) is 96.3 Å². The van der Waals surface area contributed by atoms with E-state index in [1.54, 1.807) is 42.5 Å². The van der Waals surface area contributed by atoms with Crippen LogP contribution in [0, 0.1) is 5.92 Å². The second kappa shape index (κ2) is 13.2. The number of benzene rings is 4. The van der Waals surface area contributed by atoms with E-state index in [-0.39, 0.29) is 30.8 Å². The van der Waals surface area contributed by atoms with E-state index in [2.05, 4.69) is 0 Å². The Morgan fingerprint density at radius 3 is 2.00 bits per heavy atom. The average molecular weight is 662 g/mol. The molecule has 1 aliphatic heterocycles. The second-order valence-corrected chi connectivity index (χ2v) is 13.1. The number of nitrogens with two attached hydrogens (primary N) is 2. The third-order valence-corrected chi connectivity index (χ3v) is 9.81. The highest BCUT2D eigenvalue weighted by Crippen LogP contribution is 2.48. The van der Waals surface area contributed by atoms with Crippen LogP contribution in [0.1, 0.15) is 49.7 Å². The Balaban J connectivity index is 1.40. The number of likely N-dealkylation sites (tertiary alicyclic amines) is 1. The predicted molar refractivity (Wildman–Crippen MR) is 178 cm³/mol. The van der Waals surface area contributed by atoms with Gasteiger partial charge in [-0.15, -0.1) is 0 Å². The standard InChI is InChI=1S/C37H38ClF2N3O4/c38-29-14-8-24(9-15-29)23-5-11-27(12-6-23)37(39,40)33(34(44)43-19-17-30(41)18-20-43)36(46,35(42)45)28-13-7-26-22-32(16-10-25(26)21-28)47-31-3-1-2-4-31/h5-16,21-22,30-31,33,46H,1-4,17-20,41H2,(H2,42,45)/t33-,36?/m0/s1. The zero-order valence-corrected chi connectivity index (χ0v) is 26.6. The van der Waals surface area contributed by atoms with Crippen LogP contribution in [-0.2, 0) is 21.1 Å². The molecule has 0 radical (unpaired) electrons. The van der Waals surface area contributed by atoms with Crippen LogP contribution in [0.4, 0.5) is 8.78 Å². The Morgan fingerprint density at radius 1 is 0.830 bits per heavy atom. The van der Waals surface area contributed by atoms with Crippen LogP contribution in [-0.4, -0.2) is 47.1 Å². The monoisotopic (exact) mass is 661 g/mol. The van der Waals surface area contributed by atoms with Crippen LogP contribution < -0.4 is 16.2 Å². The molecule has 1 heterocycles. The van der Waals surface area contributed by atoms with E-state index in [1.165, 1.54) is 41.3 Å². The summed E-state index contributed by atoms with van der Waals surface area (Å²) in [6.45, 7) is 0.219. The molecule has 0 bridgehead atoms.